The third-order valence-electron chi connectivity index (χ3n) is 19.3. The Bertz CT molecular complexity index is 1320. The van der Waals surface area contributed by atoms with Crippen LogP contribution in [0, 0.1) is 0 Å². The van der Waals surface area contributed by atoms with Crippen LogP contribution in [0.4, 0.5) is 0 Å². The smallest absolute Gasteiger partial charge is 0.305 e. The van der Waals surface area contributed by atoms with Gasteiger partial charge in [0.1, 0.15) is 0 Å². The summed E-state index contributed by atoms with van der Waals surface area (Å²) in [5.41, 5.74) is 0. The summed E-state index contributed by atoms with van der Waals surface area (Å²) < 4.78 is 5.49. The molecule has 2 atom stereocenters. The molecule has 87 heavy (non-hydrogen) atoms. The number of esters is 1. The summed E-state index contributed by atoms with van der Waals surface area (Å²) in [5, 5.41) is 23.5. The second kappa shape index (κ2) is 77.1. The van der Waals surface area contributed by atoms with Gasteiger partial charge in [-0.15, -0.1) is 0 Å². The van der Waals surface area contributed by atoms with Crippen LogP contribution in [0.25, 0.3) is 0 Å². The van der Waals surface area contributed by atoms with E-state index in [0.717, 1.165) is 44.9 Å². The largest absolute Gasteiger partial charge is 0.466 e. The van der Waals surface area contributed by atoms with Crippen LogP contribution in [0.1, 0.15) is 470 Å². The van der Waals surface area contributed by atoms with Gasteiger partial charge in [0.25, 0.3) is 0 Å². The molecule has 0 aliphatic carbocycles. The Hall–Kier alpha value is -1.40. The zero-order valence-corrected chi connectivity index (χ0v) is 59.5. The summed E-state index contributed by atoms with van der Waals surface area (Å²) in [5.74, 6) is -0.0109. The molecule has 2 unspecified atom stereocenters. The number of hydrogen-bond donors (Lipinski definition) is 3. The molecule has 0 bridgehead atoms. The molecule has 6 heteroatoms. The van der Waals surface area contributed by atoms with Crippen molar-refractivity contribution in [2.24, 2.45) is 0 Å². The highest BCUT2D eigenvalue weighted by Crippen LogP contribution is 2.21. The van der Waals surface area contributed by atoms with Crippen molar-refractivity contribution >= 4 is 11.9 Å². The first-order valence-electron chi connectivity index (χ1n) is 40.4. The molecular weight excluding hydrogens is 1070 g/mol. The number of ether oxygens (including phenoxy) is 1. The molecule has 0 aromatic heterocycles. The number of carbonyl (C=O) groups is 2. The van der Waals surface area contributed by atoms with Gasteiger partial charge < -0.3 is 20.3 Å². The molecule has 0 rings (SSSR count). The number of aliphatic hydroxyl groups excluding tert-OH is 2. The lowest BCUT2D eigenvalue weighted by Crippen LogP contribution is -2.45. The quantitative estimate of drug-likeness (QED) is 0.0320. The van der Waals surface area contributed by atoms with Crippen LogP contribution in [0.5, 0.6) is 0 Å². The second-order valence-corrected chi connectivity index (χ2v) is 28.1. The summed E-state index contributed by atoms with van der Waals surface area (Å²) in [6.45, 7) is 4.99. The van der Waals surface area contributed by atoms with Crippen molar-refractivity contribution in [3.8, 4) is 0 Å². The van der Waals surface area contributed by atoms with Crippen LogP contribution in [0.2, 0.25) is 0 Å². The normalized spacial score (nSPS) is 12.5. The van der Waals surface area contributed by atoms with E-state index in [2.05, 4.69) is 31.3 Å². The van der Waals surface area contributed by atoms with Gasteiger partial charge in [-0.25, -0.2) is 0 Å². The van der Waals surface area contributed by atoms with Crippen molar-refractivity contribution in [3.05, 3.63) is 12.2 Å². The number of carbonyl (C=O) groups excluding carboxylic acids is 2. The van der Waals surface area contributed by atoms with E-state index in [0.29, 0.717) is 25.9 Å². The molecular formula is C81H159NO5. The molecule has 0 aromatic rings. The Morgan fingerprint density at radius 1 is 0.310 bits per heavy atom. The highest BCUT2D eigenvalue weighted by Gasteiger charge is 2.20. The van der Waals surface area contributed by atoms with Gasteiger partial charge in [-0.1, -0.05) is 418 Å². The van der Waals surface area contributed by atoms with Gasteiger partial charge in [0.2, 0.25) is 5.91 Å². The van der Waals surface area contributed by atoms with E-state index in [1.807, 2.05) is 0 Å². The number of nitrogens with one attached hydrogen (secondary N) is 1. The van der Waals surface area contributed by atoms with Crippen LogP contribution in [-0.4, -0.2) is 47.4 Å². The van der Waals surface area contributed by atoms with Crippen molar-refractivity contribution in [2.75, 3.05) is 13.2 Å². The molecule has 1 amide bonds. The minimum atomic E-state index is -0.662. The molecule has 0 aliphatic heterocycles. The van der Waals surface area contributed by atoms with Crippen molar-refractivity contribution in [1.29, 1.82) is 0 Å². The van der Waals surface area contributed by atoms with Crippen molar-refractivity contribution in [2.45, 2.75) is 482 Å². The molecule has 0 aliphatic rings. The molecule has 0 spiro atoms. The molecule has 0 saturated heterocycles. The molecule has 0 radical (unpaired) electrons. The van der Waals surface area contributed by atoms with E-state index in [1.165, 1.54) is 392 Å². The van der Waals surface area contributed by atoms with Crippen molar-refractivity contribution in [3.63, 3.8) is 0 Å². The predicted molar refractivity (Wildman–Crippen MR) is 384 cm³/mol. The maximum atomic E-state index is 12.6. The highest BCUT2D eigenvalue weighted by atomic mass is 16.5. The lowest BCUT2D eigenvalue weighted by molar-refractivity contribution is -0.143. The maximum Gasteiger partial charge on any atom is 0.305 e. The van der Waals surface area contributed by atoms with E-state index < -0.39 is 12.1 Å². The number of unbranched alkanes of at least 4 members (excludes halogenated alkanes) is 64. The Balaban J connectivity index is 3.33. The highest BCUT2D eigenvalue weighted by molar-refractivity contribution is 5.76. The first-order valence-corrected chi connectivity index (χ1v) is 40.4. The van der Waals surface area contributed by atoms with Crippen LogP contribution in [0.3, 0.4) is 0 Å². The van der Waals surface area contributed by atoms with Gasteiger partial charge in [-0.3, -0.25) is 9.59 Å². The molecule has 0 fully saturated rings. The number of amides is 1. The average Bonchev–Trinajstić information content (AvgIpc) is 3.54. The predicted octanol–water partition coefficient (Wildman–Crippen LogP) is 26.7. The average molecular weight is 1230 g/mol. The fourth-order valence-corrected chi connectivity index (χ4v) is 13.2. The lowest BCUT2D eigenvalue weighted by atomic mass is 10.0. The van der Waals surface area contributed by atoms with Crippen molar-refractivity contribution < 1.29 is 24.5 Å². The monoisotopic (exact) mass is 1230 g/mol. The number of aliphatic hydroxyl groups is 2. The molecule has 3 N–H and O–H groups in total. The third kappa shape index (κ3) is 73.5. The van der Waals surface area contributed by atoms with Gasteiger partial charge in [-0.05, 0) is 51.4 Å². The zero-order valence-electron chi connectivity index (χ0n) is 59.5. The second-order valence-electron chi connectivity index (χ2n) is 28.1. The summed E-state index contributed by atoms with van der Waals surface area (Å²) in [6.07, 6.45) is 97.4. The molecule has 0 saturated carbocycles. The fraction of sp³-hybridized carbons (Fsp3) is 0.951. The van der Waals surface area contributed by atoms with Crippen molar-refractivity contribution in [1.82, 2.24) is 5.32 Å². The van der Waals surface area contributed by atoms with E-state index in [4.69, 9.17) is 4.74 Å². The van der Waals surface area contributed by atoms with E-state index in [9.17, 15) is 19.8 Å². The maximum absolute atomic E-state index is 12.6. The number of allylic oxidation sites excluding steroid dienone is 2. The van der Waals surface area contributed by atoms with Gasteiger partial charge in [0.15, 0.2) is 0 Å². The van der Waals surface area contributed by atoms with E-state index in [-0.39, 0.29) is 18.5 Å². The van der Waals surface area contributed by atoms with Gasteiger partial charge in [0, 0.05) is 12.8 Å². The van der Waals surface area contributed by atoms with Crippen LogP contribution >= 0.6 is 0 Å². The number of hydrogen-bond acceptors (Lipinski definition) is 5. The summed E-state index contributed by atoms with van der Waals surface area (Å²) in [7, 11) is 0. The Morgan fingerprint density at radius 3 is 0.828 bits per heavy atom. The molecule has 6 nitrogen and oxygen atoms in total. The molecule has 518 valence electrons. The first-order chi connectivity index (χ1) is 43.0. The van der Waals surface area contributed by atoms with Gasteiger partial charge in [-0.2, -0.15) is 0 Å². The summed E-state index contributed by atoms with van der Waals surface area (Å²) in [6, 6.07) is -0.539. The van der Waals surface area contributed by atoms with Gasteiger partial charge in [0.05, 0.1) is 25.4 Å². The minimum absolute atomic E-state index is 0.0132. The molecule has 0 aromatic carbocycles. The van der Waals surface area contributed by atoms with Gasteiger partial charge >= 0.3 is 5.97 Å². The summed E-state index contributed by atoms with van der Waals surface area (Å²) in [4.78, 5) is 24.6. The zero-order chi connectivity index (χ0) is 62.8. The Labute approximate surface area is 546 Å². The third-order valence-corrected chi connectivity index (χ3v) is 19.3. The fourth-order valence-electron chi connectivity index (χ4n) is 13.2. The SMILES string of the molecule is CCCCCC/C=C\CCCCCCCC(=O)OCCCCCCCCCCCCCCCCCCCCCCCCCCCCCCCCCCC(=O)NC(CO)C(O)CCCCCCCCCCCCCCCCCCCCCCCCCCC. The minimum Gasteiger partial charge on any atom is -0.466 e. The van der Waals surface area contributed by atoms with Crippen LogP contribution < -0.4 is 5.32 Å². The number of rotatable bonds is 77. The van der Waals surface area contributed by atoms with Crippen LogP contribution in [-0.2, 0) is 14.3 Å². The standard InChI is InChI=1S/C81H159NO5/c1-3-5-7-9-11-13-15-17-18-19-20-21-22-31-34-37-40-43-46-50-53-57-61-65-69-73-79(84)78(77-83)82-80(85)74-70-66-62-58-54-51-47-44-41-38-35-32-29-27-25-23-24-26-28-30-33-36-39-42-45-48-52-56-60-64-68-72-76-87-81(86)75-71-67-63-59-55-49-16-14-12-10-8-6-4-2/h14,16,78-79,83-84H,3-13,15,17-77H2,1-2H3,(H,82,85)/b16-14-. The van der Waals surface area contributed by atoms with E-state index in [1.54, 1.807) is 0 Å². The Morgan fingerprint density at radius 2 is 0.540 bits per heavy atom. The topological polar surface area (TPSA) is 95.9 Å². The first kappa shape index (κ1) is 85.6. The molecule has 0 heterocycles. The van der Waals surface area contributed by atoms with E-state index >= 15 is 0 Å². The Kier molecular flexibility index (Phi) is 75.8. The van der Waals surface area contributed by atoms with Crippen LogP contribution in [0.15, 0.2) is 12.2 Å². The summed E-state index contributed by atoms with van der Waals surface area (Å²) >= 11 is 0. The lowest BCUT2D eigenvalue weighted by Gasteiger charge is -2.22.